The Morgan fingerprint density at radius 3 is 2.17 bits per heavy atom. The lowest BCUT2D eigenvalue weighted by molar-refractivity contribution is -0.129. The summed E-state index contributed by atoms with van der Waals surface area (Å²) in [4.78, 5) is 39.9. The average Bonchev–Trinajstić information content (AvgIpc) is 2.70. The van der Waals surface area contributed by atoms with Gasteiger partial charge in [-0.25, -0.2) is 4.79 Å². The summed E-state index contributed by atoms with van der Waals surface area (Å²) < 4.78 is 5.67. The largest absolute Gasteiger partial charge is 0.372 e. The second-order valence-electron chi connectivity index (χ2n) is 7.27. The quantitative estimate of drug-likeness (QED) is 0.722. The van der Waals surface area contributed by atoms with Gasteiger partial charge in [0.05, 0.1) is 18.8 Å². The maximum Gasteiger partial charge on any atom is 0.315 e. The first-order valence-electron chi connectivity index (χ1n) is 10.2. The molecule has 2 rings (SSSR count). The van der Waals surface area contributed by atoms with Crippen LogP contribution in [0.2, 0.25) is 0 Å². The van der Waals surface area contributed by atoms with Crippen LogP contribution >= 0.6 is 0 Å². The van der Waals surface area contributed by atoms with E-state index in [0.29, 0.717) is 38.3 Å². The summed E-state index contributed by atoms with van der Waals surface area (Å²) >= 11 is 0. The van der Waals surface area contributed by atoms with Crippen molar-refractivity contribution in [2.45, 2.75) is 46.4 Å². The van der Waals surface area contributed by atoms with E-state index in [1.165, 1.54) is 0 Å². The SMILES string of the molecule is CCN(CC)C(=O)CNC(=O)NCc1ccc(C(=O)N2CC(C)OC(C)C2)cc1. The van der Waals surface area contributed by atoms with Crippen LogP contribution in [-0.4, -0.2) is 72.6 Å². The van der Waals surface area contributed by atoms with Gasteiger partial charge in [0, 0.05) is 38.3 Å². The Morgan fingerprint density at radius 1 is 1.03 bits per heavy atom. The standard InChI is InChI=1S/C21H32N4O4/c1-5-24(6-2)19(26)12-23-21(28)22-11-17-7-9-18(10-8-17)20(27)25-13-15(3)29-16(4)14-25/h7-10,15-16H,5-6,11-14H2,1-4H3,(H2,22,23,28). The number of hydrogen-bond donors (Lipinski definition) is 2. The van der Waals surface area contributed by atoms with Crippen LogP contribution in [0.4, 0.5) is 4.79 Å². The molecule has 1 aliphatic heterocycles. The van der Waals surface area contributed by atoms with Crippen molar-refractivity contribution < 1.29 is 19.1 Å². The van der Waals surface area contributed by atoms with Crippen LogP contribution in [0.3, 0.4) is 0 Å². The minimum Gasteiger partial charge on any atom is -0.372 e. The first-order chi connectivity index (χ1) is 13.8. The number of urea groups is 1. The summed E-state index contributed by atoms with van der Waals surface area (Å²) in [5, 5.41) is 5.29. The van der Waals surface area contributed by atoms with E-state index in [1.807, 2.05) is 44.7 Å². The highest BCUT2D eigenvalue weighted by molar-refractivity contribution is 5.94. The molecular formula is C21H32N4O4. The first-order valence-corrected chi connectivity index (χ1v) is 10.2. The van der Waals surface area contributed by atoms with E-state index < -0.39 is 6.03 Å². The second kappa shape index (κ2) is 10.8. The predicted octanol–water partition coefficient (Wildman–Crippen LogP) is 1.60. The number of amides is 4. The molecule has 0 aliphatic carbocycles. The fourth-order valence-electron chi connectivity index (χ4n) is 3.38. The highest BCUT2D eigenvalue weighted by Gasteiger charge is 2.26. The molecular weight excluding hydrogens is 372 g/mol. The van der Waals surface area contributed by atoms with E-state index >= 15 is 0 Å². The number of likely N-dealkylation sites (N-methyl/N-ethyl adjacent to an activating group) is 1. The lowest BCUT2D eigenvalue weighted by atomic mass is 10.1. The van der Waals surface area contributed by atoms with Crippen molar-refractivity contribution in [2.24, 2.45) is 0 Å². The molecule has 1 heterocycles. The maximum absolute atomic E-state index is 12.7. The number of carbonyl (C=O) groups is 3. The molecule has 2 atom stereocenters. The van der Waals surface area contributed by atoms with Crippen molar-refractivity contribution in [3.63, 3.8) is 0 Å². The minimum absolute atomic E-state index is 0.0147. The molecule has 0 spiro atoms. The van der Waals surface area contributed by atoms with Gasteiger partial charge in [0.2, 0.25) is 5.91 Å². The van der Waals surface area contributed by atoms with Gasteiger partial charge in [0.25, 0.3) is 5.91 Å². The molecule has 0 aromatic heterocycles. The van der Waals surface area contributed by atoms with E-state index in [1.54, 1.807) is 17.0 Å². The van der Waals surface area contributed by atoms with Crippen molar-refractivity contribution in [3.8, 4) is 0 Å². The van der Waals surface area contributed by atoms with Crippen LogP contribution in [0.5, 0.6) is 0 Å². The monoisotopic (exact) mass is 404 g/mol. The Labute approximate surface area is 172 Å². The van der Waals surface area contributed by atoms with Crippen LogP contribution in [0.15, 0.2) is 24.3 Å². The summed E-state index contributed by atoms with van der Waals surface area (Å²) in [7, 11) is 0. The van der Waals surface area contributed by atoms with E-state index in [0.717, 1.165) is 5.56 Å². The van der Waals surface area contributed by atoms with Gasteiger partial charge in [-0.15, -0.1) is 0 Å². The Hall–Kier alpha value is -2.61. The number of ether oxygens (including phenoxy) is 1. The fraction of sp³-hybridized carbons (Fsp3) is 0.571. The number of rotatable bonds is 7. The molecule has 8 nitrogen and oxygen atoms in total. The Kier molecular flexibility index (Phi) is 8.45. The lowest BCUT2D eigenvalue weighted by Gasteiger charge is -2.35. The predicted molar refractivity (Wildman–Crippen MR) is 111 cm³/mol. The molecule has 2 unspecified atom stereocenters. The second-order valence-corrected chi connectivity index (χ2v) is 7.27. The van der Waals surface area contributed by atoms with Crippen LogP contribution in [-0.2, 0) is 16.1 Å². The highest BCUT2D eigenvalue weighted by Crippen LogP contribution is 2.15. The number of nitrogens with zero attached hydrogens (tertiary/aromatic N) is 2. The van der Waals surface area contributed by atoms with Gasteiger partial charge >= 0.3 is 6.03 Å². The molecule has 0 radical (unpaired) electrons. The summed E-state index contributed by atoms with van der Waals surface area (Å²) in [6.45, 7) is 10.4. The van der Waals surface area contributed by atoms with Gasteiger partial charge in [0.15, 0.2) is 0 Å². The average molecular weight is 405 g/mol. The molecule has 4 amide bonds. The van der Waals surface area contributed by atoms with Gasteiger partial charge in [-0.2, -0.15) is 0 Å². The van der Waals surface area contributed by atoms with Crippen LogP contribution in [0, 0.1) is 0 Å². The Morgan fingerprint density at radius 2 is 1.62 bits per heavy atom. The summed E-state index contributed by atoms with van der Waals surface area (Å²) in [5.74, 6) is -0.126. The van der Waals surface area contributed by atoms with E-state index in [2.05, 4.69) is 10.6 Å². The molecule has 29 heavy (non-hydrogen) atoms. The van der Waals surface area contributed by atoms with Gasteiger partial charge in [-0.3, -0.25) is 9.59 Å². The Bertz CT molecular complexity index is 693. The molecule has 0 bridgehead atoms. The highest BCUT2D eigenvalue weighted by atomic mass is 16.5. The van der Waals surface area contributed by atoms with Crippen LogP contribution < -0.4 is 10.6 Å². The molecule has 0 saturated carbocycles. The van der Waals surface area contributed by atoms with E-state index in [4.69, 9.17) is 4.74 Å². The van der Waals surface area contributed by atoms with Crippen molar-refractivity contribution in [2.75, 3.05) is 32.7 Å². The topological polar surface area (TPSA) is 91.0 Å². The van der Waals surface area contributed by atoms with Crippen LogP contribution in [0.1, 0.15) is 43.6 Å². The zero-order chi connectivity index (χ0) is 21.4. The molecule has 8 heteroatoms. The van der Waals surface area contributed by atoms with Crippen LogP contribution in [0.25, 0.3) is 0 Å². The first kappa shape index (κ1) is 22.7. The molecule has 2 N–H and O–H groups in total. The zero-order valence-corrected chi connectivity index (χ0v) is 17.7. The van der Waals surface area contributed by atoms with Crippen molar-refractivity contribution in [3.05, 3.63) is 35.4 Å². The third-order valence-electron chi connectivity index (χ3n) is 4.88. The zero-order valence-electron chi connectivity index (χ0n) is 17.7. The lowest BCUT2D eigenvalue weighted by Crippen LogP contribution is -2.48. The number of hydrogen-bond acceptors (Lipinski definition) is 4. The molecule has 1 fully saturated rings. The maximum atomic E-state index is 12.7. The third kappa shape index (κ3) is 6.74. The van der Waals surface area contributed by atoms with Gasteiger partial charge in [-0.05, 0) is 45.4 Å². The molecule has 1 aliphatic rings. The number of carbonyl (C=O) groups excluding carboxylic acids is 3. The van der Waals surface area contributed by atoms with Gasteiger partial charge in [0.1, 0.15) is 0 Å². The normalized spacial score (nSPS) is 18.8. The Balaban J connectivity index is 1.80. The summed E-state index contributed by atoms with van der Waals surface area (Å²) in [6, 6.07) is 6.78. The van der Waals surface area contributed by atoms with Crippen molar-refractivity contribution in [1.82, 2.24) is 20.4 Å². The molecule has 1 saturated heterocycles. The van der Waals surface area contributed by atoms with E-state index in [9.17, 15) is 14.4 Å². The third-order valence-corrected chi connectivity index (χ3v) is 4.88. The molecule has 1 aromatic rings. The van der Waals surface area contributed by atoms with Gasteiger partial charge in [-0.1, -0.05) is 12.1 Å². The van der Waals surface area contributed by atoms with Crippen molar-refractivity contribution >= 4 is 17.8 Å². The summed E-state index contributed by atoms with van der Waals surface area (Å²) in [6.07, 6.45) is 0.0524. The fourth-order valence-corrected chi connectivity index (χ4v) is 3.38. The number of nitrogens with one attached hydrogen (secondary N) is 2. The number of benzene rings is 1. The summed E-state index contributed by atoms with van der Waals surface area (Å²) in [5.41, 5.74) is 1.49. The smallest absolute Gasteiger partial charge is 0.315 e. The molecule has 160 valence electrons. The molecule has 1 aromatic carbocycles. The van der Waals surface area contributed by atoms with Gasteiger partial charge < -0.3 is 25.2 Å². The number of morpholine rings is 1. The van der Waals surface area contributed by atoms with Crippen molar-refractivity contribution in [1.29, 1.82) is 0 Å². The van der Waals surface area contributed by atoms with E-state index in [-0.39, 0.29) is 30.6 Å². The minimum atomic E-state index is -0.401.